The van der Waals surface area contributed by atoms with Crippen molar-refractivity contribution >= 4 is 55.0 Å². The molecule has 7 heteroatoms. The third-order valence-electron chi connectivity index (χ3n) is 3.32. The molecule has 0 unspecified atom stereocenters. The minimum absolute atomic E-state index is 0.207. The number of nitrogens with one attached hydrogen (secondary N) is 2. The van der Waals surface area contributed by atoms with Gasteiger partial charge < -0.3 is 15.1 Å². The van der Waals surface area contributed by atoms with Crippen molar-refractivity contribution in [2.75, 3.05) is 10.6 Å². The number of amides is 2. The molecular formula is C18H12Br2N2O3. The average molecular weight is 464 g/mol. The van der Waals surface area contributed by atoms with E-state index >= 15 is 0 Å². The highest BCUT2D eigenvalue weighted by Crippen LogP contribution is 2.20. The fraction of sp³-hybridized carbons (Fsp3) is 0. The Labute approximate surface area is 160 Å². The Kier molecular flexibility index (Phi) is 5.35. The van der Waals surface area contributed by atoms with E-state index in [1.165, 1.54) is 0 Å². The molecule has 0 radical (unpaired) electrons. The van der Waals surface area contributed by atoms with Gasteiger partial charge in [0.25, 0.3) is 11.8 Å². The molecule has 0 bridgehead atoms. The monoisotopic (exact) mass is 462 g/mol. The van der Waals surface area contributed by atoms with Crippen LogP contribution in [0.4, 0.5) is 11.4 Å². The molecule has 0 aliphatic carbocycles. The molecule has 2 amide bonds. The van der Waals surface area contributed by atoms with Gasteiger partial charge in [0, 0.05) is 15.8 Å². The second-order valence-corrected chi connectivity index (χ2v) is 6.71. The highest BCUT2D eigenvalue weighted by atomic mass is 79.9. The Balaban J connectivity index is 1.65. The number of benzene rings is 2. The van der Waals surface area contributed by atoms with E-state index in [1.807, 2.05) is 6.07 Å². The summed E-state index contributed by atoms with van der Waals surface area (Å²) < 4.78 is 6.41. The summed E-state index contributed by atoms with van der Waals surface area (Å²) in [4.78, 5) is 24.3. The van der Waals surface area contributed by atoms with Crippen LogP contribution >= 0.6 is 31.9 Å². The molecule has 1 heterocycles. The number of carbonyl (C=O) groups is 2. The number of rotatable bonds is 4. The summed E-state index contributed by atoms with van der Waals surface area (Å²) in [6, 6.07) is 17.2. The third-order valence-corrected chi connectivity index (χ3v) is 4.43. The normalized spacial score (nSPS) is 10.3. The van der Waals surface area contributed by atoms with Crippen molar-refractivity contribution in [2.24, 2.45) is 0 Å². The van der Waals surface area contributed by atoms with Gasteiger partial charge in [-0.3, -0.25) is 9.59 Å². The van der Waals surface area contributed by atoms with Crippen molar-refractivity contribution in [1.82, 2.24) is 0 Å². The Morgan fingerprint density at radius 3 is 1.92 bits per heavy atom. The van der Waals surface area contributed by atoms with Crippen molar-refractivity contribution in [3.05, 3.63) is 81.1 Å². The number of hydrogen-bond acceptors (Lipinski definition) is 3. The van der Waals surface area contributed by atoms with Crippen LogP contribution in [0.2, 0.25) is 0 Å². The quantitative estimate of drug-likeness (QED) is 0.550. The molecule has 2 aromatic carbocycles. The minimum atomic E-state index is -0.351. The number of anilines is 2. The SMILES string of the molecule is O=C(Nc1ccc(NC(=O)c2ccccc2Br)cc1)c1ccc(Br)o1. The second kappa shape index (κ2) is 7.67. The Bertz CT molecular complexity index is 920. The van der Waals surface area contributed by atoms with E-state index in [9.17, 15) is 9.59 Å². The Morgan fingerprint density at radius 1 is 0.760 bits per heavy atom. The van der Waals surface area contributed by atoms with E-state index in [0.717, 1.165) is 4.47 Å². The molecule has 3 rings (SSSR count). The molecule has 0 spiro atoms. The van der Waals surface area contributed by atoms with Gasteiger partial charge in [0.1, 0.15) is 0 Å². The van der Waals surface area contributed by atoms with E-state index in [2.05, 4.69) is 42.5 Å². The lowest BCUT2D eigenvalue weighted by atomic mass is 10.2. The first-order valence-corrected chi connectivity index (χ1v) is 8.84. The molecule has 3 aromatic rings. The molecule has 0 fully saturated rings. The summed E-state index contributed by atoms with van der Waals surface area (Å²) in [6.07, 6.45) is 0. The predicted molar refractivity (Wildman–Crippen MR) is 103 cm³/mol. The molecule has 126 valence electrons. The van der Waals surface area contributed by atoms with Gasteiger partial charge in [-0.15, -0.1) is 0 Å². The van der Waals surface area contributed by atoms with Gasteiger partial charge in [0.2, 0.25) is 0 Å². The molecule has 0 aliphatic rings. The van der Waals surface area contributed by atoms with Crippen LogP contribution in [0.15, 0.2) is 74.2 Å². The van der Waals surface area contributed by atoms with Crippen LogP contribution in [-0.4, -0.2) is 11.8 Å². The molecule has 0 atom stereocenters. The molecule has 0 saturated heterocycles. The van der Waals surface area contributed by atoms with E-state index in [1.54, 1.807) is 54.6 Å². The van der Waals surface area contributed by atoms with Crippen molar-refractivity contribution in [2.45, 2.75) is 0 Å². The van der Waals surface area contributed by atoms with Crippen LogP contribution in [0.1, 0.15) is 20.9 Å². The minimum Gasteiger partial charge on any atom is -0.444 e. The summed E-state index contributed by atoms with van der Waals surface area (Å²) in [6.45, 7) is 0. The van der Waals surface area contributed by atoms with Gasteiger partial charge in [-0.1, -0.05) is 12.1 Å². The predicted octanol–water partition coefficient (Wildman–Crippen LogP) is 5.31. The van der Waals surface area contributed by atoms with E-state index < -0.39 is 0 Å². The van der Waals surface area contributed by atoms with Crippen molar-refractivity contribution in [1.29, 1.82) is 0 Å². The number of hydrogen-bond donors (Lipinski definition) is 2. The Hall–Kier alpha value is -2.38. The van der Waals surface area contributed by atoms with Crippen molar-refractivity contribution in [3.8, 4) is 0 Å². The summed E-state index contributed by atoms with van der Waals surface area (Å²) in [7, 11) is 0. The molecule has 0 saturated carbocycles. The molecule has 1 aromatic heterocycles. The largest absolute Gasteiger partial charge is 0.444 e. The lowest BCUT2D eigenvalue weighted by Gasteiger charge is -2.08. The molecule has 25 heavy (non-hydrogen) atoms. The summed E-state index contributed by atoms with van der Waals surface area (Å²) >= 11 is 6.50. The highest BCUT2D eigenvalue weighted by molar-refractivity contribution is 9.10. The van der Waals surface area contributed by atoms with Crippen LogP contribution in [0.5, 0.6) is 0 Å². The summed E-state index contributed by atoms with van der Waals surface area (Å²) in [5.41, 5.74) is 1.76. The third kappa shape index (κ3) is 4.37. The smallest absolute Gasteiger partial charge is 0.291 e. The second-order valence-electron chi connectivity index (χ2n) is 5.07. The molecule has 5 nitrogen and oxygen atoms in total. The van der Waals surface area contributed by atoms with Crippen LogP contribution in [-0.2, 0) is 0 Å². The first kappa shape index (κ1) is 17.4. The number of furan rings is 1. The lowest BCUT2D eigenvalue weighted by molar-refractivity contribution is 0.0993. The van der Waals surface area contributed by atoms with Gasteiger partial charge in [-0.2, -0.15) is 0 Å². The standard InChI is InChI=1S/C18H12Br2N2O3/c19-14-4-2-1-3-13(14)17(23)21-11-5-7-12(8-6-11)22-18(24)15-9-10-16(20)25-15/h1-10H,(H,21,23)(H,22,24). The molecule has 0 aliphatic heterocycles. The fourth-order valence-electron chi connectivity index (χ4n) is 2.11. The van der Waals surface area contributed by atoms with E-state index in [-0.39, 0.29) is 17.6 Å². The topological polar surface area (TPSA) is 71.3 Å². The van der Waals surface area contributed by atoms with Gasteiger partial charge in [0.05, 0.1) is 5.56 Å². The van der Waals surface area contributed by atoms with Gasteiger partial charge in [0.15, 0.2) is 10.4 Å². The molecule has 2 N–H and O–H groups in total. The number of halogens is 2. The summed E-state index contributed by atoms with van der Waals surface area (Å²) in [5, 5.41) is 5.53. The molecular weight excluding hydrogens is 452 g/mol. The van der Waals surface area contributed by atoms with E-state index in [0.29, 0.717) is 21.6 Å². The first-order chi connectivity index (χ1) is 12.0. The van der Waals surface area contributed by atoms with Gasteiger partial charge in [-0.05, 0) is 80.4 Å². The zero-order valence-electron chi connectivity index (χ0n) is 12.8. The fourth-order valence-corrected chi connectivity index (χ4v) is 2.88. The maximum absolute atomic E-state index is 12.3. The maximum atomic E-state index is 12.3. The Morgan fingerprint density at radius 2 is 1.36 bits per heavy atom. The zero-order chi connectivity index (χ0) is 17.8. The van der Waals surface area contributed by atoms with Gasteiger partial charge in [-0.25, -0.2) is 0 Å². The van der Waals surface area contributed by atoms with Crippen LogP contribution < -0.4 is 10.6 Å². The average Bonchev–Trinajstić information content (AvgIpc) is 3.03. The summed E-state index contributed by atoms with van der Waals surface area (Å²) in [5.74, 6) is -0.362. The zero-order valence-corrected chi connectivity index (χ0v) is 15.9. The van der Waals surface area contributed by atoms with Crippen molar-refractivity contribution < 1.29 is 14.0 Å². The highest BCUT2D eigenvalue weighted by Gasteiger charge is 2.12. The van der Waals surface area contributed by atoms with Crippen LogP contribution in [0.3, 0.4) is 0 Å². The van der Waals surface area contributed by atoms with Crippen molar-refractivity contribution in [3.63, 3.8) is 0 Å². The van der Waals surface area contributed by atoms with E-state index in [4.69, 9.17) is 4.42 Å². The van der Waals surface area contributed by atoms with Crippen LogP contribution in [0.25, 0.3) is 0 Å². The van der Waals surface area contributed by atoms with Crippen LogP contribution in [0, 0.1) is 0 Å². The van der Waals surface area contributed by atoms with Gasteiger partial charge >= 0.3 is 0 Å². The number of carbonyl (C=O) groups excluding carboxylic acids is 2. The lowest BCUT2D eigenvalue weighted by Crippen LogP contribution is -2.13. The first-order valence-electron chi connectivity index (χ1n) is 7.25. The maximum Gasteiger partial charge on any atom is 0.291 e.